The molecule has 0 N–H and O–H groups in total. The van der Waals surface area contributed by atoms with Crippen molar-refractivity contribution in [2.45, 2.75) is 13.8 Å². The molecule has 1 atom stereocenters. The second-order valence-electron chi connectivity index (χ2n) is 7.10. The van der Waals surface area contributed by atoms with E-state index in [0.717, 1.165) is 24.1 Å². The smallest absolute Gasteiger partial charge is 0.317 e. The molecular formula is C16H33N2O5+. The molecular weight excluding hydrogens is 300 g/mol. The van der Waals surface area contributed by atoms with Gasteiger partial charge in [0.15, 0.2) is 0 Å². The zero-order chi connectivity index (χ0) is 18.1. The molecule has 0 bridgehead atoms. The number of ether oxygens (including phenoxy) is 3. The largest absolute Gasteiger partial charge is 0.465 e. The number of hydrogen-bond donors (Lipinski definition) is 0. The van der Waals surface area contributed by atoms with E-state index in [0.29, 0.717) is 6.61 Å². The third kappa shape index (κ3) is 9.53. The van der Waals surface area contributed by atoms with Gasteiger partial charge >= 0.3 is 11.9 Å². The van der Waals surface area contributed by atoms with Crippen molar-refractivity contribution in [1.29, 1.82) is 0 Å². The summed E-state index contributed by atoms with van der Waals surface area (Å²) in [7, 11) is 9.77. The van der Waals surface area contributed by atoms with Crippen LogP contribution in [-0.4, -0.2) is 96.1 Å². The predicted molar refractivity (Wildman–Crippen MR) is 88.0 cm³/mol. The molecule has 0 amide bonds. The Bertz CT molecular complexity index is 385. The van der Waals surface area contributed by atoms with Crippen molar-refractivity contribution < 1.29 is 28.3 Å². The van der Waals surface area contributed by atoms with Gasteiger partial charge in [-0.05, 0) is 21.0 Å². The van der Waals surface area contributed by atoms with E-state index in [1.54, 1.807) is 6.92 Å². The lowest BCUT2D eigenvalue weighted by Gasteiger charge is -2.31. The molecule has 0 saturated heterocycles. The van der Waals surface area contributed by atoms with E-state index < -0.39 is 17.4 Å². The van der Waals surface area contributed by atoms with E-state index in [9.17, 15) is 9.59 Å². The molecule has 0 radical (unpaired) electrons. The number of carbonyl (C=O) groups is 2. The number of methoxy groups -OCH3 is 1. The van der Waals surface area contributed by atoms with Crippen LogP contribution in [0.3, 0.4) is 0 Å². The summed E-state index contributed by atoms with van der Waals surface area (Å²) in [5.74, 6) is -0.838. The molecule has 0 aromatic rings. The Kier molecular flexibility index (Phi) is 9.34. The molecule has 0 aromatic carbocycles. The number of carbonyl (C=O) groups excluding carboxylic acids is 2. The van der Waals surface area contributed by atoms with Crippen molar-refractivity contribution in [2.24, 2.45) is 5.41 Å². The fraction of sp³-hybridized carbons (Fsp3) is 0.875. The number of hydrogen-bond acceptors (Lipinski definition) is 6. The van der Waals surface area contributed by atoms with E-state index in [1.165, 1.54) is 14.0 Å². The zero-order valence-electron chi connectivity index (χ0n) is 15.7. The average Bonchev–Trinajstić information content (AvgIpc) is 2.43. The molecule has 136 valence electrons. The van der Waals surface area contributed by atoms with E-state index in [2.05, 4.69) is 19.0 Å². The quantitative estimate of drug-likeness (QED) is 0.402. The molecule has 0 aliphatic rings. The van der Waals surface area contributed by atoms with Crippen LogP contribution in [0.25, 0.3) is 0 Å². The normalized spacial score (nSPS) is 14.4. The number of rotatable bonds is 11. The minimum absolute atomic E-state index is 0.0477. The fourth-order valence-corrected chi connectivity index (χ4v) is 1.88. The predicted octanol–water partition coefficient (Wildman–Crippen LogP) is 0.383. The molecule has 0 aromatic heterocycles. The maximum atomic E-state index is 12.3. The Morgan fingerprint density at radius 1 is 1.09 bits per heavy atom. The summed E-state index contributed by atoms with van der Waals surface area (Å²) in [6, 6.07) is 0. The van der Waals surface area contributed by atoms with Crippen molar-refractivity contribution in [3.8, 4) is 0 Å². The van der Waals surface area contributed by atoms with Crippen LogP contribution in [0.1, 0.15) is 13.8 Å². The van der Waals surface area contributed by atoms with Gasteiger partial charge in [-0.1, -0.05) is 0 Å². The van der Waals surface area contributed by atoms with Gasteiger partial charge in [0.05, 0.1) is 27.2 Å². The van der Waals surface area contributed by atoms with Crippen LogP contribution in [0.5, 0.6) is 0 Å². The summed E-state index contributed by atoms with van der Waals surface area (Å²) in [4.78, 5) is 25.4. The van der Waals surface area contributed by atoms with Gasteiger partial charge in [-0.25, -0.2) is 0 Å². The van der Waals surface area contributed by atoms with E-state index in [4.69, 9.17) is 14.2 Å². The van der Waals surface area contributed by atoms with Crippen LogP contribution in [0, 0.1) is 5.41 Å². The van der Waals surface area contributed by atoms with Crippen molar-refractivity contribution in [2.75, 3.05) is 74.8 Å². The van der Waals surface area contributed by atoms with Crippen molar-refractivity contribution in [1.82, 2.24) is 4.90 Å². The summed E-state index contributed by atoms with van der Waals surface area (Å²) in [6.07, 6.45) is 0. The van der Waals surface area contributed by atoms with Crippen LogP contribution >= 0.6 is 0 Å². The number of quaternary nitrogens is 1. The topological polar surface area (TPSA) is 65.1 Å². The molecule has 0 spiro atoms. The van der Waals surface area contributed by atoms with Gasteiger partial charge in [0, 0.05) is 20.6 Å². The molecule has 0 saturated carbocycles. The van der Waals surface area contributed by atoms with Crippen LogP contribution in [0.4, 0.5) is 0 Å². The van der Waals surface area contributed by atoms with Crippen molar-refractivity contribution in [3.05, 3.63) is 0 Å². The van der Waals surface area contributed by atoms with E-state index >= 15 is 0 Å². The second-order valence-corrected chi connectivity index (χ2v) is 7.10. The minimum atomic E-state index is -0.985. The Balaban J connectivity index is 4.44. The Hall–Kier alpha value is -1.18. The molecule has 7 nitrogen and oxygen atoms in total. The summed E-state index contributed by atoms with van der Waals surface area (Å²) >= 11 is 0. The molecule has 1 unspecified atom stereocenters. The zero-order valence-corrected chi connectivity index (χ0v) is 15.7. The minimum Gasteiger partial charge on any atom is -0.465 e. The van der Waals surface area contributed by atoms with Gasteiger partial charge < -0.3 is 23.6 Å². The van der Waals surface area contributed by atoms with E-state index in [1.807, 2.05) is 14.1 Å². The monoisotopic (exact) mass is 333 g/mol. The summed E-state index contributed by atoms with van der Waals surface area (Å²) in [6.45, 7) is 6.04. The Morgan fingerprint density at radius 3 is 2.17 bits per heavy atom. The lowest BCUT2D eigenvalue weighted by Crippen LogP contribution is -2.47. The van der Waals surface area contributed by atoms with Crippen LogP contribution in [0.15, 0.2) is 0 Å². The van der Waals surface area contributed by atoms with Gasteiger partial charge in [-0.3, -0.25) is 9.59 Å². The van der Waals surface area contributed by atoms with Crippen molar-refractivity contribution in [3.63, 3.8) is 0 Å². The average molecular weight is 333 g/mol. The van der Waals surface area contributed by atoms with Crippen molar-refractivity contribution >= 4 is 11.9 Å². The summed E-state index contributed by atoms with van der Waals surface area (Å²) in [5.41, 5.74) is -0.985. The maximum absolute atomic E-state index is 12.3. The number of esters is 2. The highest BCUT2D eigenvalue weighted by Gasteiger charge is 2.37. The summed E-state index contributed by atoms with van der Waals surface area (Å²) < 4.78 is 16.2. The molecule has 0 fully saturated rings. The SMILES string of the molecule is COCC(C)(COC(C)=O)C(=O)OCC[N+](C)(C)CCN(C)C. The first-order valence-electron chi connectivity index (χ1n) is 7.79. The van der Waals surface area contributed by atoms with Gasteiger partial charge in [-0.15, -0.1) is 0 Å². The molecule has 0 aliphatic heterocycles. The lowest BCUT2D eigenvalue weighted by atomic mass is 9.93. The molecule has 0 rings (SSSR count). The van der Waals surface area contributed by atoms with Gasteiger partial charge in [-0.2, -0.15) is 0 Å². The van der Waals surface area contributed by atoms with E-state index in [-0.39, 0.29) is 13.2 Å². The van der Waals surface area contributed by atoms with Gasteiger partial charge in [0.25, 0.3) is 0 Å². The van der Waals surface area contributed by atoms with Crippen LogP contribution in [0.2, 0.25) is 0 Å². The Morgan fingerprint density at radius 2 is 1.70 bits per heavy atom. The molecule has 7 heteroatoms. The second kappa shape index (κ2) is 9.85. The third-order valence-corrected chi connectivity index (χ3v) is 3.63. The van der Waals surface area contributed by atoms with Crippen LogP contribution < -0.4 is 0 Å². The molecule has 23 heavy (non-hydrogen) atoms. The highest BCUT2D eigenvalue weighted by molar-refractivity contribution is 5.77. The lowest BCUT2D eigenvalue weighted by molar-refractivity contribution is -0.889. The van der Waals surface area contributed by atoms with Gasteiger partial charge in [0.2, 0.25) is 0 Å². The first kappa shape index (κ1) is 21.8. The number of likely N-dealkylation sites (N-methyl/N-ethyl adjacent to an activating group) is 2. The maximum Gasteiger partial charge on any atom is 0.317 e. The highest BCUT2D eigenvalue weighted by Crippen LogP contribution is 2.20. The first-order valence-corrected chi connectivity index (χ1v) is 7.79. The first-order chi connectivity index (χ1) is 10.5. The van der Waals surface area contributed by atoms with Crippen LogP contribution in [-0.2, 0) is 23.8 Å². The Labute approximate surface area is 140 Å². The van der Waals surface area contributed by atoms with Gasteiger partial charge in [0.1, 0.15) is 25.2 Å². The highest BCUT2D eigenvalue weighted by atomic mass is 16.6. The number of nitrogens with zero attached hydrogens (tertiary/aromatic N) is 2. The molecule has 0 heterocycles. The fourth-order valence-electron chi connectivity index (χ4n) is 1.88. The summed E-state index contributed by atoms with van der Waals surface area (Å²) in [5, 5.41) is 0. The standard InChI is InChI=1S/C16H33N2O5/c1-14(19)23-13-16(2,12-21-7)15(20)22-11-10-18(5,6)9-8-17(3)4/h8-13H2,1-7H3/q+1. The third-order valence-electron chi connectivity index (χ3n) is 3.63. The molecule has 0 aliphatic carbocycles.